The van der Waals surface area contributed by atoms with Crippen molar-refractivity contribution in [1.82, 2.24) is 15.5 Å². The summed E-state index contributed by atoms with van der Waals surface area (Å²) in [7, 11) is 3.83. The predicted octanol–water partition coefficient (Wildman–Crippen LogP) is 3.53. The fourth-order valence-electron chi connectivity index (χ4n) is 2.64. The summed E-state index contributed by atoms with van der Waals surface area (Å²) in [5, 5.41) is 8.48. The average molecular weight is 387 g/mol. The van der Waals surface area contributed by atoms with Crippen molar-refractivity contribution < 1.29 is 4.79 Å². The lowest BCUT2D eigenvalue weighted by molar-refractivity contribution is 0.0919. The largest absolute Gasteiger partial charge is 0.352 e. The lowest BCUT2D eigenvalue weighted by Crippen LogP contribution is -2.40. The Morgan fingerprint density at radius 3 is 2.63 bits per heavy atom. The van der Waals surface area contributed by atoms with Gasteiger partial charge in [0.1, 0.15) is 0 Å². The van der Waals surface area contributed by atoms with Crippen LogP contribution in [0.5, 0.6) is 0 Å². The lowest BCUT2D eigenvalue weighted by Gasteiger charge is -2.22. The maximum absolute atomic E-state index is 12.4. The Morgan fingerprint density at radius 1 is 1.22 bits per heavy atom. The highest BCUT2D eigenvalue weighted by molar-refractivity contribution is 7.09. The van der Waals surface area contributed by atoms with Crippen molar-refractivity contribution >= 4 is 23.2 Å². The van der Waals surface area contributed by atoms with Crippen LogP contribution in [0.1, 0.15) is 41.6 Å². The Morgan fingerprint density at radius 2 is 2.00 bits per heavy atom. The van der Waals surface area contributed by atoms with Crippen LogP contribution in [0.4, 0.5) is 0 Å². The van der Waals surface area contributed by atoms with Gasteiger partial charge in [0.25, 0.3) is 5.91 Å². The van der Waals surface area contributed by atoms with E-state index in [0.29, 0.717) is 12.1 Å². The monoisotopic (exact) mass is 386 g/mol. The van der Waals surface area contributed by atoms with Gasteiger partial charge in [-0.15, -0.1) is 11.3 Å². The van der Waals surface area contributed by atoms with Crippen LogP contribution in [0.15, 0.2) is 46.8 Å². The Labute approximate surface area is 166 Å². The van der Waals surface area contributed by atoms with Gasteiger partial charge in [0.15, 0.2) is 5.96 Å². The van der Waals surface area contributed by atoms with Gasteiger partial charge in [-0.2, -0.15) is 0 Å². The molecule has 0 aliphatic carbocycles. The molecule has 146 valence electrons. The third-order valence-electron chi connectivity index (χ3n) is 3.98. The second-order valence-corrected chi connectivity index (χ2v) is 8.59. The molecule has 0 bridgehead atoms. The van der Waals surface area contributed by atoms with Crippen LogP contribution in [0.3, 0.4) is 0 Å². The van der Waals surface area contributed by atoms with Gasteiger partial charge in [0, 0.05) is 43.2 Å². The molecule has 2 aromatic rings. The number of hydrogen-bond acceptors (Lipinski definition) is 3. The minimum absolute atomic E-state index is 0.0539. The number of carbonyl (C=O) groups is 1. The summed E-state index contributed by atoms with van der Waals surface area (Å²) in [4.78, 5) is 20.2. The third kappa shape index (κ3) is 7.06. The van der Waals surface area contributed by atoms with E-state index in [1.165, 1.54) is 4.88 Å². The number of likely N-dealkylation sites (N-methyl/N-ethyl adjacent to an activating group) is 1. The molecule has 0 radical (unpaired) electrons. The van der Waals surface area contributed by atoms with E-state index in [1.807, 2.05) is 52.1 Å². The summed E-state index contributed by atoms with van der Waals surface area (Å²) in [6.45, 7) is 7.45. The van der Waals surface area contributed by atoms with Gasteiger partial charge < -0.3 is 15.5 Å². The summed E-state index contributed by atoms with van der Waals surface area (Å²) in [5.41, 5.74) is 1.47. The standard InChI is InChI=1S/C21H30N4OS/c1-21(2,3)24-19(26)17-9-6-8-16(14-17)15-23-20(22-4)25(5)12-11-18-10-7-13-27-18/h6-10,13-14H,11-12,15H2,1-5H3,(H,22,23)(H,24,26). The molecule has 0 spiro atoms. The number of nitrogens with zero attached hydrogens (tertiary/aromatic N) is 2. The highest BCUT2D eigenvalue weighted by Gasteiger charge is 2.15. The molecule has 2 N–H and O–H groups in total. The lowest BCUT2D eigenvalue weighted by atomic mass is 10.1. The van der Waals surface area contributed by atoms with Crippen molar-refractivity contribution in [2.24, 2.45) is 4.99 Å². The van der Waals surface area contributed by atoms with Crippen LogP contribution in [-0.4, -0.2) is 42.9 Å². The molecular formula is C21H30N4OS. The van der Waals surface area contributed by atoms with Gasteiger partial charge in [-0.05, 0) is 56.3 Å². The Balaban J connectivity index is 1.92. The maximum Gasteiger partial charge on any atom is 0.251 e. The highest BCUT2D eigenvalue weighted by atomic mass is 32.1. The summed E-state index contributed by atoms with van der Waals surface area (Å²) >= 11 is 1.78. The van der Waals surface area contributed by atoms with Gasteiger partial charge >= 0.3 is 0 Å². The Bertz CT molecular complexity index is 763. The smallest absolute Gasteiger partial charge is 0.251 e. The Hall–Kier alpha value is -2.34. The normalized spacial score (nSPS) is 12.0. The first-order valence-corrected chi connectivity index (χ1v) is 10.0. The van der Waals surface area contributed by atoms with Crippen molar-refractivity contribution in [2.45, 2.75) is 39.3 Å². The SMILES string of the molecule is CN=C(NCc1cccc(C(=O)NC(C)(C)C)c1)N(C)CCc1cccs1. The minimum Gasteiger partial charge on any atom is -0.352 e. The number of guanidine groups is 1. The molecule has 1 amide bonds. The number of nitrogens with one attached hydrogen (secondary N) is 2. The van der Waals surface area contributed by atoms with Gasteiger partial charge in [-0.25, -0.2) is 0 Å². The average Bonchev–Trinajstić information content (AvgIpc) is 3.13. The number of hydrogen-bond donors (Lipinski definition) is 2. The van der Waals surface area contributed by atoms with Crippen molar-refractivity contribution in [3.05, 3.63) is 57.8 Å². The first kappa shape index (κ1) is 21.0. The summed E-state index contributed by atoms with van der Waals surface area (Å²) < 4.78 is 0. The molecule has 2 rings (SSSR count). The topological polar surface area (TPSA) is 56.7 Å². The third-order valence-corrected chi connectivity index (χ3v) is 4.91. The number of carbonyl (C=O) groups excluding carboxylic acids is 1. The van der Waals surface area contributed by atoms with Gasteiger partial charge in [-0.1, -0.05) is 18.2 Å². The number of thiophene rings is 1. The molecule has 0 aliphatic rings. The molecule has 27 heavy (non-hydrogen) atoms. The molecule has 1 aromatic heterocycles. The van der Waals surface area contributed by atoms with E-state index in [0.717, 1.165) is 24.5 Å². The molecule has 0 saturated heterocycles. The highest BCUT2D eigenvalue weighted by Crippen LogP contribution is 2.10. The zero-order chi connectivity index (χ0) is 19.9. The fourth-order valence-corrected chi connectivity index (χ4v) is 3.34. The first-order valence-electron chi connectivity index (χ1n) is 9.14. The molecule has 1 aromatic carbocycles. The quantitative estimate of drug-likeness (QED) is 0.590. The van der Waals surface area contributed by atoms with E-state index >= 15 is 0 Å². The van der Waals surface area contributed by atoms with Crippen LogP contribution >= 0.6 is 11.3 Å². The van der Waals surface area contributed by atoms with Crippen LogP contribution in [-0.2, 0) is 13.0 Å². The van der Waals surface area contributed by atoms with E-state index in [-0.39, 0.29) is 11.4 Å². The molecule has 0 atom stereocenters. The van der Waals surface area contributed by atoms with E-state index in [9.17, 15) is 4.79 Å². The van der Waals surface area contributed by atoms with E-state index in [1.54, 1.807) is 18.4 Å². The van der Waals surface area contributed by atoms with Crippen LogP contribution in [0.2, 0.25) is 0 Å². The second-order valence-electron chi connectivity index (χ2n) is 7.56. The molecule has 5 nitrogen and oxygen atoms in total. The van der Waals surface area contributed by atoms with Crippen LogP contribution in [0.25, 0.3) is 0 Å². The van der Waals surface area contributed by atoms with E-state index < -0.39 is 0 Å². The summed E-state index contributed by atoms with van der Waals surface area (Å²) in [6, 6.07) is 11.9. The molecule has 6 heteroatoms. The number of amides is 1. The molecule has 0 fully saturated rings. The molecule has 1 heterocycles. The van der Waals surface area contributed by atoms with Crippen molar-refractivity contribution in [1.29, 1.82) is 0 Å². The van der Waals surface area contributed by atoms with Crippen molar-refractivity contribution in [3.63, 3.8) is 0 Å². The molecule has 0 unspecified atom stereocenters. The van der Waals surface area contributed by atoms with Crippen molar-refractivity contribution in [3.8, 4) is 0 Å². The first-order chi connectivity index (χ1) is 12.8. The fraction of sp³-hybridized carbons (Fsp3) is 0.429. The number of aliphatic imine (C=N–C) groups is 1. The van der Waals surface area contributed by atoms with Crippen LogP contribution < -0.4 is 10.6 Å². The van der Waals surface area contributed by atoms with Gasteiger partial charge in [-0.3, -0.25) is 9.79 Å². The predicted molar refractivity (Wildman–Crippen MR) is 115 cm³/mol. The molecule has 0 saturated carbocycles. The summed E-state index contributed by atoms with van der Waals surface area (Å²) in [5.74, 6) is 0.790. The zero-order valence-electron chi connectivity index (χ0n) is 16.9. The Kier molecular flexibility index (Phi) is 7.42. The second kappa shape index (κ2) is 9.55. The van der Waals surface area contributed by atoms with Crippen molar-refractivity contribution in [2.75, 3.05) is 20.6 Å². The molecule has 0 aliphatic heterocycles. The van der Waals surface area contributed by atoms with Crippen LogP contribution in [0, 0.1) is 0 Å². The maximum atomic E-state index is 12.4. The molecular weight excluding hydrogens is 356 g/mol. The zero-order valence-corrected chi connectivity index (χ0v) is 17.7. The number of rotatable bonds is 6. The number of benzene rings is 1. The van der Waals surface area contributed by atoms with Gasteiger partial charge in [0.05, 0.1) is 0 Å². The summed E-state index contributed by atoms with van der Waals surface area (Å²) in [6.07, 6.45) is 0.997. The minimum atomic E-state index is -0.251. The van der Waals surface area contributed by atoms with Gasteiger partial charge in [0.2, 0.25) is 0 Å². The van der Waals surface area contributed by atoms with E-state index in [4.69, 9.17) is 0 Å². The van der Waals surface area contributed by atoms with E-state index in [2.05, 4.69) is 38.0 Å².